The van der Waals surface area contributed by atoms with Crippen LogP contribution in [-0.2, 0) is 23.9 Å². The molecule has 0 unspecified atom stereocenters. The molecule has 3 aromatic heterocycles. The average Bonchev–Trinajstić information content (AvgIpc) is 3.77. The van der Waals surface area contributed by atoms with Crippen LogP contribution in [0.15, 0.2) is 29.3 Å². The van der Waals surface area contributed by atoms with Gasteiger partial charge in [0.2, 0.25) is 11.7 Å². The number of rotatable bonds is 7. The van der Waals surface area contributed by atoms with Crippen molar-refractivity contribution in [2.24, 2.45) is 0 Å². The fourth-order valence-corrected chi connectivity index (χ4v) is 5.72. The smallest absolute Gasteiger partial charge is 0.416 e. The van der Waals surface area contributed by atoms with Crippen molar-refractivity contribution in [3.05, 3.63) is 68.4 Å². The van der Waals surface area contributed by atoms with Gasteiger partial charge in [0.15, 0.2) is 17.3 Å². The maximum Gasteiger partial charge on any atom is 0.416 e. The van der Waals surface area contributed by atoms with Gasteiger partial charge in [0, 0.05) is 32.1 Å². The maximum absolute atomic E-state index is 13.9. The van der Waals surface area contributed by atoms with E-state index in [0.29, 0.717) is 23.6 Å². The number of aromatic nitrogens is 6. The monoisotopic (exact) mass is 659 g/mol. The third-order valence-corrected chi connectivity index (χ3v) is 8.40. The number of nitrogens with zero attached hydrogens (tertiary/aromatic N) is 8. The molecule has 2 aliphatic rings. The molecule has 1 aromatic carbocycles. The van der Waals surface area contributed by atoms with Gasteiger partial charge in [-0.15, -0.1) is 5.10 Å². The summed E-state index contributed by atoms with van der Waals surface area (Å²) in [6.45, 7) is 4.04. The molecule has 242 valence electrons. The van der Waals surface area contributed by atoms with Crippen LogP contribution < -0.4 is 15.8 Å². The summed E-state index contributed by atoms with van der Waals surface area (Å²) in [4.78, 5) is 56.2. The number of halogens is 4. The molecule has 13 nitrogen and oxygen atoms in total. The van der Waals surface area contributed by atoms with Crippen molar-refractivity contribution >= 4 is 40.6 Å². The molecule has 0 spiro atoms. The van der Waals surface area contributed by atoms with Crippen LogP contribution in [0.25, 0.3) is 5.78 Å². The van der Waals surface area contributed by atoms with Crippen molar-refractivity contribution in [1.82, 2.24) is 34.0 Å². The van der Waals surface area contributed by atoms with Gasteiger partial charge >= 0.3 is 6.18 Å². The quantitative estimate of drug-likeness (QED) is 0.304. The third kappa shape index (κ3) is 5.84. The summed E-state index contributed by atoms with van der Waals surface area (Å²) in [7, 11) is 0. The van der Waals surface area contributed by atoms with Crippen molar-refractivity contribution in [3.63, 3.8) is 0 Å². The van der Waals surface area contributed by atoms with Gasteiger partial charge in [-0.05, 0) is 44.4 Å². The Kier molecular flexibility index (Phi) is 8.08. The highest BCUT2D eigenvalue weighted by Gasteiger charge is 2.34. The molecule has 4 heterocycles. The molecule has 0 radical (unpaired) electrons. The number of piperazine rings is 1. The minimum Gasteiger partial charge on any atom is -0.504 e. The molecular formula is C29H29ClF3N9O4. The molecule has 2 fully saturated rings. The van der Waals surface area contributed by atoms with Crippen molar-refractivity contribution in [2.45, 2.75) is 51.7 Å². The van der Waals surface area contributed by atoms with Crippen LogP contribution in [0.3, 0.4) is 0 Å². The van der Waals surface area contributed by atoms with Crippen molar-refractivity contribution in [1.29, 1.82) is 0 Å². The zero-order valence-corrected chi connectivity index (χ0v) is 25.6. The van der Waals surface area contributed by atoms with E-state index in [-0.39, 0.29) is 72.3 Å². The van der Waals surface area contributed by atoms with Gasteiger partial charge < -0.3 is 24.8 Å². The number of carbonyl (C=O) groups is 2. The first kappa shape index (κ1) is 31.3. The molecule has 0 bridgehead atoms. The first-order valence-electron chi connectivity index (χ1n) is 14.6. The van der Waals surface area contributed by atoms with E-state index in [4.69, 9.17) is 11.6 Å². The Balaban J connectivity index is 1.31. The second-order valence-electron chi connectivity index (χ2n) is 11.2. The molecule has 0 atom stereocenters. The van der Waals surface area contributed by atoms with Crippen LogP contribution in [0.2, 0.25) is 5.02 Å². The Bertz CT molecular complexity index is 1910. The lowest BCUT2D eigenvalue weighted by molar-refractivity contribution is -0.137. The molecule has 2 amide bonds. The Morgan fingerprint density at radius 2 is 1.85 bits per heavy atom. The number of benzene rings is 1. The van der Waals surface area contributed by atoms with Crippen LogP contribution in [0.4, 0.5) is 24.5 Å². The second-order valence-corrected chi connectivity index (χ2v) is 11.6. The SMILES string of the molecule is CCc1c(N2CCN(C(=O)c3ncnc(C)c3O)CC2)c(=O)n2nc(C3CC3)nc2n1CC(=O)Nc1ccc(C(F)(F)F)cc1Cl. The summed E-state index contributed by atoms with van der Waals surface area (Å²) in [5.74, 6) is -0.576. The summed E-state index contributed by atoms with van der Waals surface area (Å²) in [6.07, 6.45) is -1.30. The van der Waals surface area contributed by atoms with Gasteiger partial charge in [-0.25, -0.2) is 9.97 Å². The van der Waals surface area contributed by atoms with E-state index < -0.39 is 29.1 Å². The normalized spacial score (nSPS) is 15.4. The van der Waals surface area contributed by atoms with E-state index in [1.54, 1.807) is 11.5 Å². The highest BCUT2D eigenvalue weighted by Crippen LogP contribution is 2.38. The highest BCUT2D eigenvalue weighted by atomic mass is 35.5. The van der Waals surface area contributed by atoms with Gasteiger partial charge in [0.05, 0.1) is 27.7 Å². The molecule has 17 heteroatoms. The molecule has 1 saturated carbocycles. The molecule has 2 N–H and O–H groups in total. The number of amides is 2. The lowest BCUT2D eigenvalue weighted by Gasteiger charge is -2.36. The van der Waals surface area contributed by atoms with Gasteiger partial charge in [-0.1, -0.05) is 18.5 Å². The minimum absolute atomic E-state index is 0.000784. The topological polar surface area (TPSA) is 151 Å². The Morgan fingerprint density at radius 3 is 2.48 bits per heavy atom. The van der Waals surface area contributed by atoms with Crippen LogP contribution in [-0.4, -0.2) is 77.1 Å². The summed E-state index contributed by atoms with van der Waals surface area (Å²) < 4.78 is 42.1. The predicted octanol–water partition coefficient (Wildman–Crippen LogP) is 3.41. The number of carbonyl (C=O) groups excluding carboxylic acids is 2. The fourth-order valence-electron chi connectivity index (χ4n) is 5.49. The van der Waals surface area contributed by atoms with Crippen molar-refractivity contribution in [3.8, 4) is 5.75 Å². The van der Waals surface area contributed by atoms with E-state index in [0.717, 1.165) is 31.0 Å². The summed E-state index contributed by atoms with van der Waals surface area (Å²) in [5, 5.41) is 17.1. The summed E-state index contributed by atoms with van der Waals surface area (Å²) >= 11 is 6.07. The van der Waals surface area contributed by atoms with Crippen molar-refractivity contribution in [2.75, 3.05) is 36.4 Å². The first-order valence-corrected chi connectivity index (χ1v) is 15.0. The molecular weight excluding hydrogens is 631 g/mol. The maximum atomic E-state index is 13.9. The minimum atomic E-state index is -4.59. The molecule has 4 aromatic rings. The van der Waals surface area contributed by atoms with E-state index >= 15 is 0 Å². The fraction of sp³-hybridized carbons (Fsp3) is 0.414. The number of aromatic hydroxyl groups is 1. The zero-order chi connectivity index (χ0) is 32.9. The predicted molar refractivity (Wildman–Crippen MR) is 160 cm³/mol. The Labute approximate surface area is 264 Å². The van der Waals surface area contributed by atoms with Gasteiger partial charge in [-0.2, -0.15) is 22.7 Å². The van der Waals surface area contributed by atoms with Crippen LogP contribution in [0.1, 0.15) is 58.9 Å². The first-order chi connectivity index (χ1) is 21.9. The average molecular weight is 660 g/mol. The number of alkyl halides is 3. The largest absolute Gasteiger partial charge is 0.504 e. The number of nitrogens with one attached hydrogen (secondary N) is 1. The molecule has 6 rings (SSSR count). The van der Waals surface area contributed by atoms with Gasteiger partial charge in [-0.3, -0.25) is 14.4 Å². The number of aryl methyl sites for hydroxylation is 1. The number of hydrogen-bond donors (Lipinski definition) is 2. The van der Waals surface area contributed by atoms with Gasteiger partial charge in [0.25, 0.3) is 11.5 Å². The number of fused-ring (bicyclic) bond motifs is 1. The number of hydrogen-bond acceptors (Lipinski definition) is 9. The van der Waals surface area contributed by atoms with E-state index in [1.165, 1.54) is 15.7 Å². The van der Waals surface area contributed by atoms with Crippen LogP contribution in [0.5, 0.6) is 5.75 Å². The molecule has 1 aliphatic carbocycles. The van der Waals surface area contributed by atoms with Crippen LogP contribution in [0, 0.1) is 6.92 Å². The zero-order valence-electron chi connectivity index (χ0n) is 24.8. The van der Waals surface area contributed by atoms with E-state index in [1.807, 2.05) is 11.8 Å². The third-order valence-electron chi connectivity index (χ3n) is 8.08. The summed E-state index contributed by atoms with van der Waals surface area (Å²) in [5.41, 5.74) is -0.384. The van der Waals surface area contributed by atoms with E-state index in [2.05, 4.69) is 25.4 Å². The van der Waals surface area contributed by atoms with Crippen molar-refractivity contribution < 1.29 is 27.9 Å². The standard InChI is InChI=1S/C29H29ClF3N9O4/c1-3-20-23(39-8-10-40(11-9-39)26(45)22-24(44)15(2)34-14-35-22)27(46)42-28(37-25(38-42)16-4-5-16)41(20)13-21(43)36-19-7-6-17(12-18(19)30)29(31,32)33/h6-7,12,14,16,44H,3-5,8-11,13H2,1-2H3,(H,36,43). The Hall–Kier alpha value is -4.73. The lowest BCUT2D eigenvalue weighted by Crippen LogP contribution is -2.51. The van der Waals surface area contributed by atoms with Crippen LogP contribution >= 0.6 is 11.6 Å². The second kappa shape index (κ2) is 11.9. The molecule has 1 saturated heterocycles. The lowest BCUT2D eigenvalue weighted by atomic mass is 10.2. The molecule has 46 heavy (non-hydrogen) atoms. The van der Waals surface area contributed by atoms with E-state index in [9.17, 15) is 32.7 Å². The Morgan fingerprint density at radius 1 is 1.13 bits per heavy atom. The summed E-state index contributed by atoms with van der Waals surface area (Å²) in [6, 6.07) is 2.65. The highest BCUT2D eigenvalue weighted by molar-refractivity contribution is 6.33. The molecule has 1 aliphatic heterocycles. The number of anilines is 2. The van der Waals surface area contributed by atoms with Gasteiger partial charge in [0.1, 0.15) is 18.6 Å².